The van der Waals surface area contributed by atoms with E-state index in [4.69, 9.17) is 5.11 Å². The van der Waals surface area contributed by atoms with Crippen molar-refractivity contribution in [1.29, 1.82) is 0 Å². The highest BCUT2D eigenvalue weighted by Crippen LogP contribution is 2.08. The maximum absolute atomic E-state index is 11.0. The van der Waals surface area contributed by atoms with Crippen LogP contribution in [0.3, 0.4) is 0 Å². The molecule has 0 aromatic rings. The van der Waals surface area contributed by atoms with E-state index >= 15 is 0 Å². The van der Waals surface area contributed by atoms with Gasteiger partial charge in [-0.05, 0) is 13.8 Å². The number of hydrogen-bond acceptors (Lipinski definition) is 3. The lowest BCUT2D eigenvalue weighted by atomic mass is 10.0. The van der Waals surface area contributed by atoms with Gasteiger partial charge in [-0.25, -0.2) is 4.72 Å². The smallest absolute Gasteiger partial charge is 0.305 e. The summed E-state index contributed by atoms with van der Waals surface area (Å²) in [4.78, 5) is 10.3. The molecule has 7 heteroatoms. The first kappa shape index (κ1) is 12.3. The number of carbonyl (C=O) groups is 1. The molecule has 0 radical (unpaired) electrons. The van der Waals surface area contributed by atoms with Crippen LogP contribution in [0.25, 0.3) is 0 Å². The van der Waals surface area contributed by atoms with Crippen molar-refractivity contribution in [2.75, 3.05) is 7.05 Å². The largest absolute Gasteiger partial charge is 0.481 e. The van der Waals surface area contributed by atoms with Crippen LogP contribution in [0.4, 0.5) is 0 Å². The minimum absolute atomic E-state index is 0.270. The van der Waals surface area contributed by atoms with Gasteiger partial charge >= 0.3 is 5.97 Å². The third-order valence-electron chi connectivity index (χ3n) is 1.27. The molecule has 0 rings (SSSR count). The molecular weight excluding hydrogens is 196 g/mol. The summed E-state index contributed by atoms with van der Waals surface area (Å²) in [6, 6.07) is 0. The molecule has 13 heavy (non-hydrogen) atoms. The molecule has 0 unspecified atom stereocenters. The van der Waals surface area contributed by atoms with Crippen LogP contribution in [0, 0.1) is 0 Å². The second kappa shape index (κ2) is 4.03. The molecule has 0 spiro atoms. The summed E-state index contributed by atoms with van der Waals surface area (Å²) >= 11 is 0. The standard InChI is InChI=1S/C6H14N2O4S/c1-6(2,4-5(9)10)8-13(11,12)7-3/h7-8H,4H2,1-3H3,(H,9,10). The number of aliphatic carboxylic acids is 1. The van der Waals surface area contributed by atoms with Gasteiger partial charge in [-0.1, -0.05) is 0 Å². The van der Waals surface area contributed by atoms with E-state index in [1.54, 1.807) is 0 Å². The summed E-state index contributed by atoms with van der Waals surface area (Å²) in [6.45, 7) is 2.99. The Balaban J connectivity index is 4.42. The van der Waals surface area contributed by atoms with Gasteiger partial charge in [0.1, 0.15) is 0 Å². The third kappa shape index (κ3) is 5.56. The van der Waals surface area contributed by atoms with Crippen LogP contribution < -0.4 is 9.44 Å². The van der Waals surface area contributed by atoms with E-state index in [0.29, 0.717) is 0 Å². The minimum Gasteiger partial charge on any atom is -0.481 e. The molecule has 78 valence electrons. The SMILES string of the molecule is CNS(=O)(=O)NC(C)(C)CC(=O)O. The number of hydrogen-bond donors (Lipinski definition) is 3. The van der Waals surface area contributed by atoms with Crippen molar-refractivity contribution in [3.05, 3.63) is 0 Å². The van der Waals surface area contributed by atoms with Crippen LogP contribution >= 0.6 is 0 Å². The molecular formula is C6H14N2O4S. The van der Waals surface area contributed by atoms with Crippen LogP contribution in [0.1, 0.15) is 20.3 Å². The van der Waals surface area contributed by atoms with Gasteiger partial charge < -0.3 is 5.11 Å². The van der Waals surface area contributed by atoms with Gasteiger partial charge in [0.2, 0.25) is 0 Å². The Morgan fingerprint density at radius 3 is 2.23 bits per heavy atom. The summed E-state index contributed by atoms with van der Waals surface area (Å²) in [5.41, 5.74) is -0.992. The van der Waals surface area contributed by atoms with E-state index in [0.717, 1.165) is 0 Å². The normalized spacial score (nSPS) is 12.8. The fraction of sp³-hybridized carbons (Fsp3) is 0.833. The van der Waals surface area contributed by atoms with Crippen molar-refractivity contribution in [2.24, 2.45) is 0 Å². The van der Waals surface area contributed by atoms with Gasteiger partial charge in [-0.3, -0.25) is 4.79 Å². The zero-order valence-electron chi connectivity index (χ0n) is 7.79. The Bertz CT molecular complexity index is 283. The Labute approximate surface area is 77.5 Å². The minimum atomic E-state index is -3.59. The Morgan fingerprint density at radius 2 is 1.92 bits per heavy atom. The summed E-state index contributed by atoms with van der Waals surface area (Å²) in [5.74, 6) is -1.05. The number of carboxylic acids is 1. The molecule has 0 atom stereocenters. The van der Waals surface area contributed by atoms with E-state index in [2.05, 4.69) is 4.72 Å². The zero-order valence-corrected chi connectivity index (χ0v) is 8.60. The molecule has 6 nitrogen and oxygen atoms in total. The van der Waals surface area contributed by atoms with Crippen LogP contribution in [-0.2, 0) is 15.0 Å². The van der Waals surface area contributed by atoms with Gasteiger partial charge in [0.15, 0.2) is 0 Å². The molecule has 0 aliphatic carbocycles. The van der Waals surface area contributed by atoms with Crippen molar-refractivity contribution >= 4 is 16.2 Å². The first-order valence-electron chi connectivity index (χ1n) is 3.63. The lowest BCUT2D eigenvalue weighted by molar-refractivity contribution is -0.138. The van der Waals surface area contributed by atoms with Crippen LogP contribution in [0.15, 0.2) is 0 Å². The molecule has 0 aromatic carbocycles. The second-order valence-electron chi connectivity index (χ2n) is 3.26. The fourth-order valence-electron chi connectivity index (χ4n) is 0.829. The molecule has 0 fully saturated rings. The lowest BCUT2D eigenvalue weighted by Gasteiger charge is -2.23. The van der Waals surface area contributed by atoms with Crippen molar-refractivity contribution in [1.82, 2.24) is 9.44 Å². The Hall–Kier alpha value is -0.660. The van der Waals surface area contributed by atoms with Crippen molar-refractivity contribution in [3.63, 3.8) is 0 Å². The summed E-state index contributed by atoms with van der Waals surface area (Å²) in [7, 11) is -2.34. The Morgan fingerprint density at radius 1 is 1.46 bits per heavy atom. The van der Waals surface area contributed by atoms with Gasteiger partial charge in [-0.15, -0.1) is 0 Å². The average molecular weight is 210 g/mol. The fourth-order valence-corrected chi connectivity index (χ4v) is 1.73. The maximum Gasteiger partial charge on any atom is 0.305 e. The predicted molar refractivity (Wildman–Crippen MR) is 47.4 cm³/mol. The van der Waals surface area contributed by atoms with E-state index in [1.165, 1.54) is 20.9 Å². The number of carboxylic acid groups (broad SMARTS) is 1. The van der Waals surface area contributed by atoms with E-state index in [9.17, 15) is 13.2 Å². The molecule has 0 bridgehead atoms. The summed E-state index contributed by atoms with van der Waals surface area (Å²) < 4.78 is 26.2. The highest BCUT2D eigenvalue weighted by Gasteiger charge is 2.26. The number of nitrogens with one attached hydrogen (secondary N) is 2. The van der Waals surface area contributed by atoms with Crippen LogP contribution in [0.2, 0.25) is 0 Å². The van der Waals surface area contributed by atoms with Crippen LogP contribution in [-0.4, -0.2) is 32.1 Å². The quantitative estimate of drug-likeness (QED) is 0.558. The van der Waals surface area contributed by atoms with E-state index in [-0.39, 0.29) is 6.42 Å². The summed E-state index contributed by atoms with van der Waals surface area (Å²) in [5, 5.41) is 8.46. The van der Waals surface area contributed by atoms with Gasteiger partial charge in [-0.2, -0.15) is 13.1 Å². The first-order chi connectivity index (χ1) is 5.68. The van der Waals surface area contributed by atoms with Gasteiger partial charge in [0.05, 0.1) is 6.42 Å². The molecule has 0 amide bonds. The molecule has 0 aliphatic rings. The van der Waals surface area contributed by atoms with E-state index < -0.39 is 21.7 Å². The van der Waals surface area contributed by atoms with Crippen molar-refractivity contribution < 1.29 is 18.3 Å². The van der Waals surface area contributed by atoms with Crippen molar-refractivity contribution in [2.45, 2.75) is 25.8 Å². The third-order valence-corrected chi connectivity index (χ3v) is 2.63. The maximum atomic E-state index is 11.0. The first-order valence-corrected chi connectivity index (χ1v) is 5.11. The average Bonchev–Trinajstić information content (AvgIpc) is 1.81. The zero-order chi connectivity index (χ0) is 10.7. The number of rotatable bonds is 5. The lowest BCUT2D eigenvalue weighted by Crippen LogP contribution is -2.48. The van der Waals surface area contributed by atoms with Crippen LogP contribution in [0.5, 0.6) is 0 Å². The van der Waals surface area contributed by atoms with E-state index in [1.807, 2.05) is 4.72 Å². The summed E-state index contributed by atoms with van der Waals surface area (Å²) in [6.07, 6.45) is -0.270. The molecule has 0 saturated carbocycles. The molecule has 3 N–H and O–H groups in total. The predicted octanol–water partition coefficient (Wildman–Crippen LogP) is -0.707. The second-order valence-corrected chi connectivity index (χ2v) is 4.88. The highest BCUT2D eigenvalue weighted by molar-refractivity contribution is 7.87. The van der Waals surface area contributed by atoms with Gasteiger partial charge in [0, 0.05) is 12.6 Å². The molecule has 0 saturated heterocycles. The topological polar surface area (TPSA) is 95.5 Å². The monoisotopic (exact) mass is 210 g/mol. The van der Waals surface area contributed by atoms with Gasteiger partial charge in [0.25, 0.3) is 10.2 Å². The highest BCUT2D eigenvalue weighted by atomic mass is 32.2. The van der Waals surface area contributed by atoms with Crippen molar-refractivity contribution in [3.8, 4) is 0 Å². The Kier molecular flexibility index (Phi) is 3.83. The molecule has 0 aromatic heterocycles. The molecule has 0 heterocycles. The molecule has 0 aliphatic heterocycles.